The highest BCUT2D eigenvalue weighted by atomic mass is 32.1. The minimum atomic E-state index is -0.132. The molecule has 4 heterocycles. The molecule has 7 heteroatoms. The van der Waals surface area contributed by atoms with Crippen LogP contribution < -0.4 is 4.74 Å². The third-order valence-electron chi connectivity index (χ3n) is 5.06. The molecular formula is C22H14N4O2S. The molecule has 6 rings (SSSR count). The number of benzene rings is 2. The minimum Gasteiger partial charge on any atom is -0.508 e. The molecule has 29 heavy (non-hydrogen) atoms. The van der Waals surface area contributed by atoms with Crippen molar-refractivity contribution in [3.63, 3.8) is 0 Å². The predicted octanol–water partition coefficient (Wildman–Crippen LogP) is 4.84. The lowest BCUT2D eigenvalue weighted by Crippen LogP contribution is -2.14. The number of phenolic OH excluding ortho intramolecular Hbond substituents is 1. The second-order valence-electron chi connectivity index (χ2n) is 6.81. The summed E-state index contributed by atoms with van der Waals surface area (Å²) in [6, 6.07) is 19.4. The lowest BCUT2D eigenvalue weighted by molar-refractivity contribution is 0.422. The molecule has 0 bridgehead atoms. The molecule has 2 aromatic carbocycles. The van der Waals surface area contributed by atoms with E-state index < -0.39 is 0 Å². The fraction of sp³-hybridized carbons (Fsp3) is 0.0455. The molecule has 0 saturated heterocycles. The van der Waals surface area contributed by atoms with Gasteiger partial charge in [0, 0.05) is 17.5 Å². The van der Waals surface area contributed by atoms with Crippen LogP contribution in [0.3, 0.4) is 0 Å². The first-order valence-corrected chi connectivity index (χ1v) is 10.0. The molecule has 0 unspecified atom stereocenters. The molecule has 5 aromatic rings. The van der Waals surface area contributed by atoms with Crippen LogP contribution >= 0.6 is 11.3 Å². The molecule has 1 N–H and O–H groups in total. The third-order valence-corrected chi connectivity index (χ3v) is 5.93. The van der Waals surface area contributed by atoms with Gasteiger partial charge in [-0.2, -0.15) is 0 Å². The molecule has 0 amide bonds. The van der Waals surface area contributed by atoms with Gasteiger partial charge in [-0.05, 0) is 23.1 Å². The summed E-state index contributed by atoms with van der Waals surface area (Å²) >= 11 is 1.60. The number of phenols is 1. The number of fused-ring (bicyclic) bond motifs is 4. The van der Waals surface area contributed by atoms with Crippen molar-refractivity contribution in [2.75, 3.05) is 0 Å². The summed E-state index contributed by atoms with van der Waals surface area (Å²) in [5.41, 5.74) is 3.63. The van der Waals surface area contributed by atoms with Gasteiger partial charge in [0.15, 0.2) is 11.5 Å². The molecule has 140 valence electrons. The number of aromatic hydroxyl groups is 1. The van der Waals surface area contributed by atoms with E-state index in [1.165, 1.54) is 0 Å². The van der Waals surface area contributed by atoms with Crippen molar-refractivity contribution in [1.29, 1.82) is 0 Å². The standard InChI is InChI=1S/C22H14N4O2S/c27-14-8-9-15-16(11-14)28-22-19(18(15)13-5-2-1-3-6-13)21-24-20(17-7-4-10-29-17)25-26(21)12-23-22/h1-12,18,27H/t18-/m0/s1. The lowest BCUT2D eigenvalue weighted by atomic mass is 9.84. The number of aromatic nitrogens is 4. The summed E-state index contributed by atoms with van der Waals surface area (Å²) in [7, 11) is 0. The fourth-order valence-electron chi connectivity index (χ4n) is 3.81. The zero-order valence-electron chi connectivity index (χ0n) is 15.1. The third kappa shape index (κ3) is 2.51. The number of rotatable bonds is 2. The Kier molecular flexibility index (Phi) is 3.45. The molecule has 0 fully saturated rings. The normalized spacial score (nSPS) is 15.0. The molecule has 0 radical (unpaired) electrons. The highest BCUT2D eigenvalue weighted by Crippen LogP contribution is 2.48. The summed E-state index contributed by atoms with van der Waals surface area (Å²) in [5.74, 6) is 1.77. The van der Waals surface area contributed by atoms with Gasteiger partial charge >= 0.3 is 0 Å². The summed E-state index contributed by atoms with van der Waals surface area (Å²) in [4.78, 5) is 10.3. The van der Waals surface area contributed by atoms with Crippen LogP contribution in [0.4, 0.5) is 0 Å². The quantitative estimate of drug-likeness (QED) is 0.452. The van der Waals surface area contributed by atoms with E-state index in [0.29, 0.717) is 23.1 Å². The van der Waals surface area contributed by atoms with Gasteiger partial charge < -0.3 is 9.84 Å². The number of ether oxygens (including phenoxy) is 1. The van der Waals surface area contributed by atoms with Crippen molar-refractivity contribution >= 4 is 17.0 Å². The van der Waals surface area contributed by atoms with E-state index in [1.54, 1.807) is 34.3 Å². The highest BCUT2D eigenvalue weighted by molar-refractivity contribution is 7.13. The van der Waals surface area contributed by atoms with Crippen molar-refractivity contribution in [2.45, 2.75) is 5.92 Å². The zero-order valence-corrected chi connectivity index (χ0v) is 15.9. The first-order valence-electron chi connectivity index (χ1n) is 9.13. The Morgan fingerprint density at radius 1 is 1.03 bits per heavy atom. The van der Waals surface area contributed by atoms with Gasteiger partial charge in [0.2, 0.25) is 5.88 Å². The molecule has 0 spiro atoms. The van der Waals surface area contributed by atoms with Crippen LogP contribution in [0.5, 0.6) is 17.4 Å². The Labute approximate surface area is 169 Å². The smallest absolute Gasteiger partial charge is 0.228 e. The lowest BCUT2D eigenvalue weighted by Gasteiger charge is -2.27. The average molecular weight is 398 g/mol. The van der Waals surface area contributed by atoms with E-state index in [9.17, 15) is 5.11 Å². The maximum Gasteiger partial charge on any atom is 0.228 e. The molecule has 0 aliphatic carbocycles. The van der Waals surface area contributed by atoms with Crippen molar-refractivity contribution in [3.8, 4) is 28.1 Å². The van der Waals surface area contributed by atoms with Gasteiger partial charge in [-0.15, -0.1) is 16.4 Å². The summed E-state index contributed by atoms with van der Waals surface area (Å²) in [6.45, 7) is 0. The Morgan fingerprint density at radius 3 is 2.76 bits per heavy atom. The van der Waals surface area contributed by atoms with Crippen LogP contribution in [0.2, 0.25) is 0 Å². The van der Waals surface area contributed by atoms with E-state index in [0.717, 1.165) is 21.6 Å². The molecule has 3 aromatic heterocycles. The topological polar surface area (TPSA) is 72.5 Å². The Hall–Kier alpha value is -3.71. The van der Waals surface area contributed by atoms with Crippen LogP contribution in [0.1, 0.15) is 22.6 Å². The van der Waals surface area contributed by atoms with Crippen molar-refractivity contribution in [3.05, 3.63) is 89.1 Å². The number of thiophene rings is 1. The summed E-state index contributed by atoms with van der Waals surface area (Å²) < 4.78 is 7.78. The summed E-state index contributed by atoms with van der Waals surface area (Å²) in [5, 5.41) is 16.6. The first kappa shape index (κ1) is 16.3. The van der Waals surface area contributed by atoms with Crippen LogP contribution in [-0.4, -0.2) is 24.7 Å². The molecule has 1 aliphatic heterocycles. The largest absolute Gasteiger partial charge is 0.508 e. The van der Waals surface area contributed by atoms with Crippen molar-refractivity contribution in [1.82, 2.24) is 19.6 Å². The fourth-order valence-corrected chi connectivity index (χ4v) is 4.46. The zero-order chi connectivity index (χ0) is 19.4. The number of hydrogen-bond donors (Lipinski definition) is 1. The maximum absolute atomic E-state index is 9.95. The molecule has 1 aliphatic rings. The van der Waals surface area contributed by atoms with Crippen LogP contribution in [0, 0.1) is 0 Å². The average Bonchev–Trinajstić information content (AvgIpc) is 3.42. The molecular weight excluding hydrogens is 384 g/mol. The van der Waals surface area contributed by atoms with E-state index >= 15 is 0 Å². The van der Waals surface area contributed by atoms with Crippen LogP contribution in [0.15, 0.2) is 72.4 Å². The SMILES string of the molecule is Oc1ccc2c(c1)Oc1ncn3nc(-c4cccs4)nc3c1[C@H]2c1ccccc1. The van der Waals surface area contributed by atoms with E-state index in [1.807, 2.05) is 41.8 Å². The Balaban J connectivity index is 1.64. The van der Waals surface area contributed by atoms with Gasteiger partial charge in [0.25, 0.3) is 0 Å². The van der Waals surface area contributed by atoms with Gasteiger partial charge in [0.05, 0.1) is 10.4 Å². The van der Waals surface area contributed by atoms with Crippen molar-refractivity contribution < 1.29 is 9.84 Å². The number of nitrogens with zero attached hydrogens (tertiary/aromatic N) is 4. The predicted molar refractivity (Wildman–Crippen MR) is 110 cm³/mol. The Morgan fingerprint density at radius 2 is 1.93 bits per heavy atom. The van der Waals surface area contributed by atoms with Gasteiger partial charge in [0.1, 0.15) is 17.8 Å². The Bertz CT molecular complexity index is 1350. The summed E-state index contributed by atoms with van der Waals surface area (Å²) in [6.07, 6.45) is 1.62. The van der Waals surface area contributed by atoms with Gasteiger partial charge in [-0.1, -0.05) is 42.5 Å². The first-order chi connectivity index (χ1) is 14.3. The molecule has 1 atom stereocenters. The van der Waals surface area contributed by atoms with Gasteiger partial charge in [-0.3, -0.25) is 0 Å². The van der Waals surface area contributed by atoms with Crippen molar-refractivity contribution in [2.24, 2.45) is 0 Å². The van der Waals surface area contributed by atoms with Gasteiger partial charge in [-0.25, -0.2) is 14.5 Å². The minimum absolute atomic E-state index is 0.132. The van der Waals surface area contributed by atoms with Crippen LogP contribution in [-0.2, 0) is 0 Å². The maximum atomic E-state index is 9.95. The van der Waals surface area contributed by atoms with E-state index in [4.69, 9.17) is 9.72 Å². The highest BCUT2D eigenvalue weighted by Gasteiger charge is 2.33. The van der Waals surface area contributed by atoms with E-state index in [2.05, 4.69) is 22.2 Å². The van der Waals surface area contributed by atoms with Crippen LogP contribution in [0.25, 0.3) is 16.3 Å². The molecule has 6 nitrogen and oxygen atoms in total. The second-order valence-corrected chi connectivity index (χ2v) is 7.76. The monoisotopic (exact) mass is 398 g/mol. The number of hydrogen-bond acceptors (Lipinski definition) is 6. The second kappa shape index (κ2) is 6.15. The molecule has 0 saturated carbocycles. The van der Waals surface area contributed by atoms with E-state index in [-0.39, 0.29) is 11.7 Å².